The van der Waals surface area contributed by atoms with E-state index < -0.39 is 11.0 Å². The first-order chi connectivity index (χ1) is 17.0. The molecule has 0 bridgehead atoms. The molecule has 4 aromatic rings. The molecule has 178 valence electrons. The standard InChI is InChI=1S/C25H24N6O4/c1-2-3-6-23(32)29-20(9-7-17-8-10-22(28-15-17)30-13-12-26-16-30)19-14-21(31(34)35)18-5-4-11-27-24(18)25(19)33/h4-5,7-16,20,33H,2-3,6H2,1H3,(H,29,32)/b9-7+. The van der Waals surface area contributed by atoms with Gasteiger partial charge in [-0.15, -0.1) is 0 Å². The lowest BCUT2D eigenvalue weighted by atomic mass is 9.99. The van der Waals surface area contributed by atoms with Crippen LogP contribution in [-0.4, -0.2) is 35.5 Å². The summed E-state index contributed by atoms with van der Waals surface area (Å²) in [5, 5.41) is 25.8. The van der Waals surface area contributed by atoms with Gasteiger partial charge in [-0.1, -0.05) is 25.5 Å². The number of imidazole rings is 1. The summed E-state index contributed by atoms with van der Waals surface area (Å²) in [5.41, 5.74) is 0.833. The molecule has 3 heterocycles. The van der Waals surface area contributed by atoms with Gasteiger partial charge >= 0.3 is 0 Å². The van der Waals surface area contributed by atoms with Crippen LogP contribution in [-0.2, 0) is 4.79 Å². The molecule has 1 aromatic carbocycles. The van der Waals surface area contributed by atoms with Crippen LogP contribution in [0.25, 0.3) is 22.8 Å². The van der Waals surface area contributed by atoms with Crippen molar-refractivity contribution >= 4 is 28.6 Å². The summed E-state index contributed by atoms with van der Waals surface area (Å²) in [6.07, 6.45) is 13.5. The summed E-state index contributed by atoms with van der Waals surface area (Å²) in [6, 6.07) is 7.23. The minimum atomic E-state index is -0.821. The minimum Gasteiger partial charge on any atom is -0.505 e. The number of hydrogen-bond acceptors (Lipinski definition) is 7. The number of carbonyl (C=O) groups is 1. The third-order valence-electron chi connectivity index (χ3n) is 5.50. The molecule has 1 atom stereocenters. The molecule has 0 radical (unpaired) electrons. The Morgan fingerprint density at radius 2 is 2.14 bits per heavy atom. The number of phenolic OH excluding ortho intramolecular Hbond substituents is 1. The van der Waals surface area contributed by atoms with E-state index in [4.69, 9.17) is 0 Å². The molecule has 1 amide bonds. The maximum absolute atomic E-state index is 12.6. The van der Waals surface area contributed by atoms with Crippen LogP contribution in [0.4, 0.5) is 5.69 Å². The third-order valence-corrected chi connectivity index (χ3v) is 5.50. The number of nitro benzene ring substituents is 1. The monoisotopic (exact) mass is 472 g/mol. The molecule has 0 aliphatic carbocycles. The largest absolute Gasteiger partial charge is 0.505 e. The number of aromatic hydroxyl groups is 1. The highest BCUT2D eigenvalue weighted by molar-refractivity contribution is 5.93. The van der Waals surface area contributed by atoms with Gasteiger partial charge in [0.15, 0.2) is 0 Å². The lowest BCUT2D eigenvalue weighted by Gasteiger charge is -2.18. The van der Waals surface area contributed by atoms with Gasteiger partial charge in [-0.05, 0) is 36.2 Å². The Labute approximate surface area is 201 Å². The summed E-state index contributed by atoms with van der Waals surface area (Å²) < 4.78 is 1.77. The lowest BCUT2D eigenvalue weighted by Crippen LogP contribution is -2.27. The maximum Gasteiger partial charge on any atom is 0.279 e. The highest BCUT2D eigenvalue weighted by Crippen LogP contribution is 2.38. The Morgan fingerprint density at radius 1 is 1.29 bits per heavy atom. The van der Waals surface area contributed by atoms with Crippen molar-refractivity contribution in [2.24, 2.45) is 0 Å². The predicted octanol–water partition coefficient (Wildman–Crippen LogP) is 4.49. The van der Waals surface area contributed by atoms with Gasteiger partial charge in [-0.25, -0.2) is 9.97 Å². The number of nitrogens with zero attached hydrogens (tertiary/aromatic N) is 5. The van der Waals surface area contributed by atoms with Crippen molar-refractivity contribution in [2.45, 2.75) is 32.2 Å². The van der Waals surface area contributed by atoms with Crippen molar-refractivity contribution in [1.29, 1.82) is 0 Å². The molecule has 2 N–H and O–H groups in total. The van der Waals surface area contributed by atoms with E-state index >= 15 is 0 Å². The number of carbonyl (C=O) groups excluding carboxylic acids is 1. The third kappa shape index (κ3) is 5.32. The fraction of sp³-hybridized carbons (Fsp3) is 0.200. The number of hydrogen-bond donors (Lipinski definition) is 2. The average Bonchev–Trinajstić information content (AvgIpc) is 3.41. The van der Waals surface area contributed by atoms with Crippen LogP contribution in [0.1, 0.15) is 43.4 Å². The number of non-ortho nitro benzene ring substituents is 1. The zero-order valence-corrected chi connectivity index (χ0v) is 19.0. The number of nitrogens with one attached hydrogen (secondary N) is 1. The van der Waals surface area contributed by atoms with E-state index in [2.05, 4.69) is 20.3 Å². The summed E-state index contributed by atoms with van der Waals surface area (Å²) in [4.78, 5) is 36.3. The number of fused-ring (bicyclic) bond motifs is 1. The van der Waals surface area contributed by atoms with E-state index in [1.807, 2.05) is 19.1 Å². The van der Waals surface area contributed by atoms with E-state index in [9.17, 15) is 20.0 Å². The first-order valence-corrected chi connectivity index (χ1v) is 11.1. The van der Waals surface area contributed by atoms with Crippen LogP contribution >= 0.6 is 0 Å². The fourth-order valence-corrected chi connectivity index (χ4v) is 3.68. The van der Waals surface area contributed by atoms with Crippen LogP contribution in [0, 0.1) is 10.1 Å². The summed E-state index contributed by atoms with van der Waals surface area (Å²) in [7, 11) is 0. The van der Waals surface area contributed by atoms with Crippen molar-refractivity contribution in [2.75, 3.05) is 0 Å². The number of phenols is 1. The zero-order chi connectivity index (χ0) is 24.8. The Morgan fingerprint density at radius 3 is 2.83 bits per heavy atom. The van der Waals surface area contributed by atoms with Gasteiger partial charge in [0.1, 0.15) is 23.4 Å². The second-order valence-corrected chi connectivity index (χ2v) is 7.92. The molecular weight excluding hydrogens is 448 g/mol. The SMILES string of the molecule is CCCCC(=O)NC(/C=C/c1ccc(-n2ccnc2)nc1)c1cc([N+](=O)[O-])c2cccnc2c1O. The molecule has 0 fully saturated rings. The predicted molar refractivity (Wildman–Crippen MR) is 131 cm³/mol. The van der Waals surface area contributed by atoms with Gasteiger partial charge in [0.2, 0.25) is 5.91 Å². The first-order valence-electron chi connectivity index (χ1n) is 11.1. The summed E-state index contributed by atoms with van der Waals surface area (Å²) in [5.74, 6) is 0.251. The van der Waals surface area contributed by atoms with Gasteiger partial charge in [-0.2, -0.15) is 0 Å². The normalized spacial score (nSPS) is 12.1. The lowest BCUT2D eigenvalue weighted by molar-refractivity contribution is -0.383. The van der Waals surface area contributed by atoms with Crippen molar-refractivity contribution in [3.05, 3.63) is 88.8 Å². The molecule has 4 rings (SSSR count). The number of unbranched alkanes of at least 4 members (excludes halogenated alkanes) is 1. The van der Waals surface area contributed by atoms with Crippen LogP contribution < -0.4 is 5.32 Å². The van der Waals surface area contributed by atoms with E-state index in [0.717, 1.165) is 12.0 Å². The Kier molecular flexibility index (Phi) is 7.10. The highest BCUT2D eigenvalue weighted by atomic mass is 16.6. The van der Waals surface area contributed by atoms with Crippen molar-refractivity contribution in [1.82, 2.24) is 24.8 Å². The van der Waals surface area contributed by atoms with Gasteiger partial charge in [-0.3, -0.25) is 24.5 Å². The Bertz CT molecular complexity index is 1370. The number of pyridine rings is 2. The number of amides is 1. The zero-order valence-electron chi connectivity index (χ0n) is 19.0. The Balaban J connectivity index is 1.72. The smallest absolute Gasteiger partial charge is 0.279 e. The molecule has 0 saturated heterocycles. The van der Waals surface area contributed by atoms with Crippen molar-refractivity contribution in [3.63, 3.8) is 0 Å². The van der Waals surface area contributed by atoms with Crippen LogP contribution in [0.2, 0.25) is 0 Å². The molecule has 0 spiro atoms. The second-order valence-electron chi connectivity index (χ2n) is 7.92. The molecule has 3 aromatic heterocycles. The minimum absolute atomic E-state index is 0.101. The van der Waals surface area contributed by atoms with Crippen LogP contribution in [0.3, 0.4) is 0 Å². The number of nitro groups is 1. The molecule has 35 heavy (non-hydrogen) atoms. The van der Waals surface area contributed by atoms with E-state index in [-0.39, 0.29) is 33.8 Å². The number of rotatable bonds is 9. The van der Waals surface area contributed by atoms with E-state index in [0.29, 0.717) is 18.7 Å². The van der Waals surface area contributed by atoms with Crippen LogP contribution in [0.15, 0.2) is 67.5 Å². The highest BCUT2D eigenvalue weighted by Gasteiger charge is 2.24. The summed E-state index contributed by atoms with van der Waals surface area (Å²) in [6.45, 7) is 1.98. The molecular formula is C25H24N6O4. The van der Waals surface area contributed by atoms with Gasteiger partial charge in [0.05, 0.1) is 16.4 Å². The molecule has 0 aliphatic rings. The molecule has 10 heteroatoms. The van der Waals surface area contributed by atoms with Gasteiger partial charge in [0.25, 0.3) is 5.69 Å². The van der Waals surface area contributed by atoms with E-state index in [1.165, 1.54) is 18.3 Å². The topological polar surface area (TPSA) is 136 Å². The first kappa shape index (κ1) is 23.6. The number of aromatic nitrogens is 4. The molecule has 10 nitrogen and oxygen atoms in total. The number of benzene rings is 1. The fourth-order valence-electron chi connectivity index (χ4n) is 3.68. The average molecular weight is 473 g/mol. The van der Waals surface area contributed by atoms with Crippen LogP contribution in [0.5, 0.6) is 5.75 Å². The second kappa shape index (κ2) is 10.6. The van der Waals surface area contributed by atoms with Gasteiger partial charge in [0, 0.05) is 42.8 Å². The Hall–Kier alpha value is -4.60. The molecule has 0 aliphatic heterocycles. The molecule has 0 saturated carbocycles. The van der Waals surface area contributed by atoms with E-state index in [1.54, 1.807) is 47.7 Å². The maximum atomic E-state index is 12.6. The summed E-state index contributed by atoms with van der Waals surface area (Å²) >= 11 is 0. The molecule has 1 unspecified atom stereocenters. The van der Waals surface area contributed by atoms with Crippen molar-refractivity contribution in [3.8, 4) is 11.6 Å². The van der Waals surface area contributed by atoms with Gasteiger partial charge < -0.3 is 10.4 Å². The quantitative estimate of drug-likeness (QED) is 0.270. The van der Waals surface area contributed by atoms with Crippen molar-refractivity contribution < 1.29 is 14.8 Å².